The molecule has 8 heteroatoms. The maximum absolute atomic E-state index is 11.5. The van der Waals surface area contributed by atoms with Crippen LogP contribution in [0, 0.1) is 0 Å². The summed E-state index contributed by atoms with van der Waals surface area (Å²) in [4.78, 5) is 13.1. The topological polar surface area (TPSA) is 92.5 Å². The third-order valence-electron chi connectivity index (χ3n) is 3.45. The number of rotatable bonds is 3. The van der Waals surface area contributed by atoms with E-state index < -0.39 is 15.8 Å². The zero-order valence-electron chi connectivity index (χ0n) is 10.9. The van der Waals surface area contributed by atoms with Crippen molar-refractivity contribution < 1.29 is 18.3 Å². The number of carbonyl (C=O) groups is 1. The fourth-order valence-corrected chi connectivity index (χ4v) is 3.91. The van der Waals surface area contributed by atoms with Crippen molar-refractivity contribution in [2.24, 2.45) is 7.05 Å². The second-order valence-electron chi connectivity index (χ2n) is 4.87. The van der Waals surface area contributed by atoms with Gasteiger partial charge in [-0.15, -0.1) is 0 Å². The number of sulfone groups is 1. The maximum Gasteiger partial charge on any atom is 0.339 e. The van der Waals surface area contributed by atoms with Gasteiger partial charge in [-0.3, -0.25) is 9.58 Å². The van der Waals surface area contributed by atoms with Crippen molar-refractivity contribution in [2.45, 2.75) is 19.5 Å². The summed E-state index contributed by atoms with van der Waals surface area (Å²) in [5.74, 6) is -0.773. The van der Waals surface area contributed by atoms with Crippen molar-refractivity contribution in [2.75, 3.05) is 18.1 Å². The highest BCUT2D eigenvalue weighted by Crippen LogP contribution is 2.17. The van der Waals surface area contributed by atoms with Gasteiger partial charge in [0, 0.05) is 26.2 Å². The summed E-state index contributed by atoms with van der Waals surface area (Å²) < 4.78 is 24.6. The van der Waals surface area contributed by atoms with Crippen LogP contribution in [0.4, 0.5) is 0 Å². The van der Waals surface area contributed by atoms with Crippen LogP contribution in [0.2, 0.25) is 0 Å². The van der Waals surface area contributed by atoms with Gasteiger partial charge < -0.3 is 5.11 Å². The molecule has 0 radical (unpaired) electrons. The lowest BCUT2D eigenvalue weighted by Crippen LogP contribution is -2.46. The van der Waals surface area contributed by atoms with Crippen LogP contribution in [0.15, 0.2) is 6.20 Å². The molecule has 0 spiro atoms. The number of aromatic carboxylic acids is 1. The number of aryl methyl sites for hydroxylation is 1. The molecule has 2 heterocycles. The first-order valence-electron chi connectivity index (χ1n) is 5.99. The first kappa shape index (κ1) is 14.0. The molecule has 0 aromatic carbocycles. The molecule has 2 rings (SSSR count). The van der Waals surface area contributed by atoms with E-state index in [1.807, 2.05) is 11.8 Å². The first-order chi connectivity index (χ1) is 8.80. The van der Waals surface area contributed by atoms with E-state index >= 15 is 0 Å². The molecular formula is C11H17N3O4S. The van der Waals surface area contributed by atoms with Crippen molar-refractivity contribution >= 4 is 15.8 Å². The average molecular weight is 287 g/mol. The van der Waals surface area contributed by atoms with Crippen molar-refractivity contribution in [1.29, 1.82) is 0 Å². The Morgan fingerprint density at radius 3 is 2.84 bits per heavy atom. The molecule has 0 amide bonds. The van der Waals surface area contributed by atoms with E-state index in [4.69, 9.17) is 5.11 Å². The van der Waals surface area contributed by atoms with Gasteiger partial charge in [-0.2, -0.15) is 5.10 Å². The molecule has 7 nitrogen and oxygen atoms in total. The predicted molar refractivity (Wildman–Crippen MR) is 68.7 cm³/mol. The largest absolute Gasteiger partial charge is 0.478 e. The van der Waals surface area contributed by atoms with Gasteiger partial charge in [0.1, 0.15) is 5.56 Å². The lowest BCUT2D eigenvalue weighted by Gasteiger charge is -2.33. The van der Waals surface area contributed by atoms with Gasteiger partial charge in [0.15, 0.2) is 9.84 Å². The fourth-order valence-electron chi connectivity index (χ4n) is 2.29. The Bertz CT molecular complexity index is 593. The fraction of sp³-hybridized carbons (Fsp3) is 0.636. The van der Waals surface area contributed by atoms with Crippen LogP contribution in [0.25, 0.3) is 0 Å². The average Bonchev–Trinajstić information content (AvgIpc) is 2.64. The molecule has 1 saturated heterocycles. The Labute approximate surface area is 111 Å². The third kappa shape index (κ3) is 2.95. The summed E-state index contributed by atoms with van der Waals surface area (Å²) in [6, 6.07) is -0.115. The van der Waals surface area contributed by atoms with Crippen LogP contribution in [-0.2, 0) is 23.4 Å². The Hall–Kier alpha value is -1.41. The third-order valence-corrected chi connectivity index (χ3v) is 5.25. The zero-order valence-corrected chi connectivity index (χ0v) is 11.7. The van der Waals surface area contributed by atoms with Crippen LogP contribution in [0.5, 0.6) is 0 Å². The molecule has 19 heavy (non-hydrogen) atoms. The molecule has 1 aromatic heterocycles. The Kier molecular flexibility index (Phi) is 3.64. The molecule has 1 aliphatic rings. The van der Waals surface area contributed by atoms with E-state index in [-0.39, 0.29) is 23.1 Å². The summed E-state index contributed by atoms with van der Waals surface area (Å²) in [6.45, 7) is 2.66. The Morgan fingerprint density at radius 2 is 2.26 bits per heavy atom. The number of hydrogen-bond donors (Lipinski definition) is 1. The van der Waals surface area contributed by atoms with Gasteiger partial charge in [0.25, 0.3) is 0 Å². The number of hydrogen-bond acceptors (Lipinski definition) is 5. The van der Waals surface area contributed by atoms with Gasteiger partial charge in [-0.25, -0.2) is 13.2 Å². The molecule has 1 fully saturated rings. The maximum atomic E-state index is 11.5. The Balaban J connectivity index is 2.18. The van der Waals surface area contributed by atoms with E-state index in [1.54, 1.807) is 7.05 Å². The second kappa shape index (κ2) is 4.93. The van der Waals surface area contributed by atoms with Gasteiger partial charge >= 0.3 is 5.97 Å². The van der Waals surface area contributed by atoms with Crippen LogP contribution in [0.1, 0.15) is 23.0 Å². The number of nitrogens with zero attached hydrogens (tertiary/aromatic N) is 3. The smallest absolute Gasteiger partial charge is 0.339 e. The molecular weight excluding hydrogens is 270 g/mol. The van der Waals surface area contributed by atoms with Crippen LogP contribution in [-0.4, -0.2) is 58.3 Å². The molecule has 1 aromatic rings. The SMILES string of the molecule is CC1CS(=O)(=O)CCN1Cc1c(C(=O)O)cnn1C. The van der Waals surface area contributed by atoms with Gasteiger partial charge in [-0.05, 0) is 6.92 Å². The monoisotopic (exact) mass is 287 g/mol. The highest BCUT2D eigenvalue weighted by Gasteiger charge is 2.29. The van der Waals surface area contributed by atoms with Crippen LogP contribution in [0.3, 0.4) is 0 Å². The molecule has 0 aliphatic carbocycles. The number of aromatic nitrogens is 2. The summed E-state index contributed by atoms with van der Waals surface area (Å²) in [7, 11) is -1.27. The van der Waals surface area contributed by atoms with E-state index in [1.165, 1.54) is 10.9 Å². The normalized spacial score (nSPS) is 23.4. The van der Waals surface area contributed by atoms with Crippen LogP contribution < -0.4 is 0 Å². The molecule has 1 N–H and O–H groups in total. The zero-order chi connectivity index (χ0) is 14.2. The number of carboxylic acid groups (broad SMARTS) is 1. The highest BCUT2D eigenvalue weighted by molar-refractivity contribution is 7.91. The van der Waals surface area contributed by atoms with Gasteiger partial charge in [0.05, 0.1) is 23.4 Å². The summed E-state index contributed by atoms with van der Waals surface area (Å²) >= 11 is 0. The first-order valence-corrected chi connectivity index (χ1v) is 7.81. The summed E-state index contributed by atoms with van der Waals surface area (Å²) in [5, 5.41) is 13.0. The molecule has 1 unspecified atom stereocenters. The molecule has 0 saturated carbocycles. The molecule has 1 atom stereocenters. The molecule has 0 bridgehead atoms. The van der Waals surface area contributed by atoms with Crippen LogP contribution >= 0.6 is 0 Å². The lowest BCUT2D eigenvalue weighted by atomic mass is 10.2. The van der Waals surface area contributed by atoms with Crippen molar-refractivity contribution in [3.05, 3.63) is 17.5 Å². The minimum atomic E-state index is -2.96. The second-order valence-corrected chi connectivity index (χ2v) is 7.10. The number of carboxylic acids is 1. The quantitative estimate of drug-likeness (QED) is 0.823. The summed E-state index contributed by atoms with van der Waals surface area (Å²) in [5.41, 5.74) is 0.766. The van der Waals surface area contributed by atoms with Crippen molar-refractivity contribution in [3.8, 4) is 0 Å². The van der Waals surface area contributed by atoms with E-state index in [2.05, 4.69) is 5.10 Å². The van der Waals surface area contributed by atoms with Gasteiger partial charge in [0.2, 0.25) is 0 Å². The van der Waals surface area contributed by atoms with E-state index in [9.17, 15) is 13.2 Å². The van der Waals surface area contributed by atoms with E-state index in [0.717, 1.165) is 0 Å². The van der Waals surface area contributed by atoms with Crippen molar-refractivity contribution in [3.63, 3.8) is 0 Å². The minimum Gasteiger partial charge on any atom is -0.478 e. The van der Waals surface area contributed by atoms with E-state index in [0.29, 0.717) is 18.8 Å². The lowest BCUT2D eigenvalue weighted by molar-refractivity contribution is 0.0693. The standard InChI is InChI=1S/C11H17N3O4S/c1-8-7-19(17,18)4-3-14(8)6-10-9(11(15)16)5-12-13(10)2/h5,8H,3-4,6-7H2,1-2H3,(H,15,16). The molecule has 1 aliphatic heterocycles. The Morgan fingerprint density at radius 1 is 1.58 bits per heavy atom. The summed E-state index contributed by atoms with van der Waals surface area (Å²) in [6.07, 6.45) is 1.32. The highest BCUT2D eigenvalue weighted by atomic mass is 32.2. The predicted octanol–water partition coefficient (Wildman–Crippen LogP) is -0.263. The van der Waals surface area contributed by atoms with Crippen molar-refractivity contribution in [1.82, 2.24) is 14.7 Å². The minimum absolute atomic E-state index is 0.115. The molecule has 106 valence electrons. The van der Waals surface area contributed by atoms with Gasteiger partial charge in [-0.1, -0.05) is 0 Å².